The lowest BCUT2D eigenvalue weighted by atomic mass is 10.0. The van der Waals surface area contributed by atoms with Crippen LogP contribution in [0.1, 0.15) is 31.7 Å². The first-order chi connectivity index (χ1) is 7.56. The molecule has 1 aromatic rings. The SMILES string of the molecule is CC(C)c1ccc(N(C)C(=O)CCCl)cc1. The molecule has 1 rings (SSSR count). The fourth-order valence-electron chi connectivity index (χ4n) is 1.48. The Bertz CT molecular complexity index is 345. The van der Waals surface area contributed by atoms with Crippen molar-refractivity contribution in [2.45, 2.75) is 26.2 Å². The molecule has 0 spiro atoms. The van der Waals surface area contributed by atoms with E-state index in [0.717, 1.165) is 5.69 Å². The van der Waals surface area contributed by atoms with Gasteiger partial charge in [-0.2, -0.15) is 0 Å². The van der Waals surface area contributed by atoms with Gasteiger partial charge in [0.1, 0.15) is 0 Å². The van der Waals surface area contributed by atoms with E-state index in [1.807, 2.05) is 12.1 Å². The fraction of sp³-hybridized carbons (Fsp3) is 0.462. The van der Waals surface area contributed by atoms with Gasteiger partial charge in [0.05, 0.1) is 0 Å². The summed E-state index contributed by atoms with van der Waals surface area (Å²) >= 11 is 5.55. The molecule has 0 fully saturated rings. The molecule has 3 heteroatoms. The van der Waals surface area contributed by atoms with Crippen LogP contribution in [-0.4, -0.2) is 18.8 Å². The lowest BCUT2D eigenvalue weighted by Crippen LogP contribution is -2.26. The highest BCUT2D eigenvalue weighted by molar-refractivity contribution is 6.19. The van der Waals surface area contributed by atoms with Gasteiger partial charge in [0.15, 0.2) is 0 Å². The van der Waals surface area contributed by atoms with Gasteiger partial charge in [-0.15, -0.1) is 11.6 Å². The predicted octanol–water partition coefficient (Wildman–Crippen LogP) is 3.40. The molecule has 88 valence electrons. The first kappa shape index (κ1) is 13.0. The fourth-order valence-corrected chi connectivity index (χ4v) is 1.64. The zero-order valence-corrected chi connectivity index (χ0v) is 10.8. The largest absolute Gasteiger partial charge is 0.315 e. The minimum Gasteiger partial charge on any atom is -0.315 e. The van der Waals surface area contributed by atoms with Crippen LogP contribution in [0.25, 0.3) is 0 Å². The summed E-state index contributed by atoms with van der Waals surface area (Å²) in [6.45, 7) is 4.30. The summed E-state index contributed by atoms with van der Waals surface area (Å²) in [4.78, 5) is 13.2. The topological polar surface area (TPSA) is 20.3 Å². The first-order valence-electron chi connectivity index (χ1n) is 5.48. The second-order valence-electron chi connectivity index (χ2n) is 4.14. The van der Waals surface area contributed by atoms with Gasteiger partial charge in [-0.25, -0.2) is 0 Å². The van der Waals surface area contributed by atoms with Crippen molar-refractivity contribution in [1.82, 2.24) is 0 Å². The summed E-state index contributed by atoms with van der Waals surface area (Å²) in [7, 11) is 1.78. The number of carbonyl (C=O) groups is 1. The van der Waals surface area contributed by atoms with Gasteiger partial charge in [0.25, 0.3) is 0 Å². The molecule has 1 amide bonds. The molecule has 0 saturated heterocycles. The smallest absolute Gasteiger partial charge is 0.227 e. The molecule has 0 aliphatic rings. The van der Waals surface area contributed by atoms with Crippen LogP contribution in [0.4, 0.5) is 5.69 Å². The van der Waals surface area contributed by atoms with Crippen molar-refractivity contribution < 1.29 is 4.79 Å². The van der Waals surface area contributed by atoms with Crippen LogP contribution >= 0.6 is 11.6 Å². The zero-order valence-electron chi connectivity index (χ0n) is 10.0. The Morgan fingerprint density at radius 1 is 1.31 bits per heavy atom. The quantitative estimate of drug-likeness (QED) is 0.738. The Morgan fingerprint density at radius 3 is 2.31 bits per heavy atom. The van der Waals surface area contributed by atoms with E-state index in [2.05, 4.69) is 26.0 Å². The zero-order chi connectivity index (χ0) is 12.1. The minimum atomic E-state index is 0.0484. The number of halogens is 1. The standard InChI is InChI=1S/C13H18ClNO/c1-10(2)11-4-6-12(7-5-11)15(3)13(16)8-9-14/h4-7,10H,8-9H2,1-3H3. The third kappa shape index (κ3) is 3.24. The number of nitrogens with zero attached hydrogens (tertiary/aromatic N) is 1. The van der Waals surface area contributed by atoms with Gasteiger partial charge in [0, 0.05) is 25.0 Å². The highest BCUT2D eigenvalue weighted by Gasteiger charge is 2.10. The minimum absolute atomic E-state index is 0.0484. The normalized spacial score (nSPS) is 10.6. The van der Waals surface area contributed by atoms with E-state index in [9.17, 15) is 4.79 Å². The van der Waals surface area contributed by atoms with Crippen LogP contribution in [0.2, 0.25) is 0 Å². The Hall–Kier alpha value is -1.02. The summed E-state index contributed by atoms with van der Waals surface area (Å²) in [6, 6.07) is 8.07. The number of hydrogen-bond donors (Lipinski definition) is 0. The number of anilines is 1. The van der Waals surface area contributed by atoms with Gasteiger partial charge in [-0.05, 0) is 23.6 Å². The molecule has 16 heavy (non-hydrogen) atoms. The Labute approximate surface area is 102 Å². The number of alkyl halides is 1. The second-order valence-corrected chi connectivity index (χ2v) is 4.52. The summed E-state index contributed by atoms with van der Waals surface area (Å²) < 4.78 is 0. The molecule has 0 atom stereocenters. The molecule has 0 aliphatic carbocycles. The van der Waals surface area contributed by atoms with E-state index in [1.165, 1.54) is 5.56 Å². The van der Waals surface area contributed by atoms with Crippen LogP contribution in [0.3, 0.4) is 0 Å². The molecule has 0 saturated carbocycles. The summed E-state index contributed by atoms with van der Waals surface area (Å²) in [5, 5.41) is 0. The number of rotatable bonds is 4. The highest BCUT2D eigenvalue weighted by atomic mass is 35.5. The van der Waals surface area contributed by atoms with E-state index in [1.54, 1.807) is 11.9 Å². The second kappa shape index (κ2) is 5.90. The average molecular weight is 240 g/mol. The molecule has 2 nitrogen and oxygen atoms in total. The Balaban J connectivity index is 2.77. The molecular formula is C13H18ClNO. The van der Waals surface area contributed by atoms with Crippen molar-refractivity contribution in [1.29, 1.82) is 0 Å². The van der Waals surface area contributed by atoms with Crippen molar-refractivity contribution in [3.63, 3.8) is 0 Å². The van der Waals surface area contributed by atoms with E-state index < -0.39 is 0 Å². The summed E-state index contributed by atoms with van der Waals surface area (Å²) in [5.41, 5.74) is 2.20. The summed E-state index contributed by atoms with van der Waals surface area (Å²) in [5.74, 6) is 0.929. The van der Waals surface area contributed by atoms with Crippen molar-refractivity contribution >= 4 is 23.2 Å². The molecule has 0 aliphatic heterocycles. The molecule has 0 heterocycles. The van der Waals surface area contributed by atoms with Crippen molar-refractivity contribution in [3.8, 4) is 0 Å². The molecule has 0 unspecified atom stereocenters. The number of carbonyl (C=O) groups excluding carboxylic acids is 1. The monoisotopic (exact) mass is 239 g/mol. The number of benzene rings is 1. The van der Waals surface area contributed by atoms with Crippen molar-refractivity contribution in [3.05, 3.63) is 29.8 Å². The molecule has 0 N–H and O–H groups in total. The van der Waals surface area contributed by atoms with Crippen molar-refractivity contribution in [2.24, 2.45) is 0 Å². The predicted molar refractivity (Wildman–Crippen MR) is 69.3 cm³/mol. The maximum absolute atomic E-state index is 11.6. The van der Waals surface area contributed by atoms with Gasteiger partial charge in [-0.3, -0.25) is 4.79 Å². The van der Waals surface area contributed by atoms with Crippen molar-refractivity contribution in [2.75, 3.05) is 17.8 Å². The van der Waals surface area contributed by atoms with Crippen LogP contribution in [0.15, 0.2) is 24.3 Å². The van der Waals surface area contributed by atoms with Gasteiger partial charge in [0.2, 0.25) is 5.91 Å². The van der Waals surface area contributed by atoms with Gasteiger partial charge >= 0.3 is 0 Å². The third-order valence-electron chi connectivity index (χ3n) is 2.63. The van der Waals surface area contributed by atoms with Crippen LogP contribution < -0.4 is 4.90 Å². The molecule has 0 aromatic heterocycles. The molecule has 0 bridgehead atoms. The number of amides is 1. The first-order valence-corrected chi connectivity index (χ1v) is 6.02. The average Bonchev–Trinajstić information content (AvgIpc) is 2.28. The lowest BCUT2D eigenvalue weighted by Gasteiger charge is -2.17. The van der Waals surface area contributed by atoms with E-state index in [-0.39, 0.29) is 5.91 Å². The van der Waals surface area contributed by atoms with Crippen LogP contribution in [0, 0.1) is 0 Å². The van der Waals surface area contributed by atoms with Crippen LogP contribution in [-0.2, 0) is 4.79 Å². The maximum atomic E-state index is 11.6. The van der Waals surface area contributed by atoms with E-state index >= 15 is 0 Å². The molecule has 0 radical (unpaired) electrons. The van der Waals surface area contributed by atoms with E-state index in [0.29, 0.717) is 18.2 Å². The van der Waals surface area contributed by atoms with E-state index in [4.69, 9.17) is 11.6 Å². The lowest BCUT2D eigenvalue weighted by molar-refractivity contribution is -0.117. The van der Waals surface area contributed by atoms with Gasteiger partial charge in [-0.1, -0.05) is 26.0 Å². The summed E-state index contributed by atoms with van der Waals surface area (Å²) in [6.07, 6.45) is 0.379. The molecule has 1 aromatic carbocycles. The van der Waals surface area contributed by atoms with Crippen LogP contribution in [0.5, 0.6) is 0 Å². The van der Waals surface area contributed by atoms with Gasteiger partial charge < -0.3 is 4.90 Å². The maximum Gasteiger partial charge on any atom is 0.227 e. The number of hydrogen-bond acceptors (Lipinski definition) is 1. The Kier molecular flexibility index (Phi) is 4.81. The third-order valence-corrected chi connectivity index (χ3v) is 2.82. The molecular weight excluding hydrogens is 222 g/mol. The Morgan fingerprint density at radius 2 is 1.88 bits per heavy atom. The highest BCUT2D eigenvalue weighted by Crippen LogP contribution is 2.19.